The van der Waals surface area contributed by atoms with Crippen LogP contribution in [0.1, 0.15) is 21.5 Å². The van der Waals surface area contributed by atoms with Crippen molar-refractivity contribution in [3.05, 3.63) is 71.3 Å². The minimum absolute atomic E-state index is 0.0469. The lowest BCUT2D eigenvalue weighted by Gasteiger charge is -2.10. The number of benzene rings is 2. The minimum Gasteiger partial charge on any atom is -0.545 e. The topological polar surface area (TPSA) is 66.2 Å². The summed E-state index contributed by atoms with van der Waals surface area (Å²) in [6.45, 7) is 0. The highest BCUT2D eigenvalue weighted by Gasteiger charge is 2.03. The number of aromatic carboxylic acids is 1. The highest BCUT2D eigenvalue weighted by Crippen LogP contribution is 2.18. The zero-order valence-corrected chi connectivity index (χ0v) is 10.4. The number of carboxylic acid groups (broad SMARTS) is 1. The molecular formula is C16H14NO2-. The van der Waals surface area contributed by atoms with Crippen LogP contribution < -0.4 is 10.8 Å². The van der Waals surface area contributed by atoms with Gasteiger partial charge in [0.1, 0.15) is 0 Å². The first-order valence-corrected chi connectivity index (χ1v) is 5.99. The summed E-state index contributed by atoms with van der Waals surface area (Å²) in [4.78, 5) is 10.9. The largest absolute Gasteiger partial charge is 0.545 e. The van der Waals surface area contributed by atoms with Crippen molar-refractivity contribution in [1.82, 2.24) is 0 Å². The third-order valence-electron chi connectivity index (χ3n) is 2.86. The van der Waals surface area contributed by atoms with Crippen molar-refractivity contribution < 1.29 is 9.90 Å². The van der Waals surface area contributed by atoms with Crippen molar-refractivity contribution >= 4 is 17.7 Å². The average Bonchev–Trinajstić information content (AvgIpc) is 2.41. The molecule has 0 unspecified atom stereocenters. The molecule has 0 heterocycles. The predicted molar refractivity (Wildman–Crippen MR) is 74.4 cm³/mol. The fourth-order valence-corrected chi connectivity index (χ4v) is 1.86. The standard InChI is InChI=1S/C16H15NO2/c17-15-13(10-5-11-14(15)16(18)19)9-4-8-12-6-2-1-3-7-12/h1-8,10-11H,9,17H2,(H,18,19)/p-1/b8-4+. The summed E-state index contributed by atoms with van der Waals surface area (Å²) in [5.41, 5.74) is 8.01. The molecule has 0 bridgehead atoms. The Labute approximate surface area is 112 Å². The van der Waals surface area contributed by atoms with Gasteiger partial charge in [-0.25, -0.2) is 0 Å². The Morgan fingerprint density at radius 2 is 1.84 bits per heavy atom. The summed E-state index contributed by atoms with van der Waals surface area (Å²) >= 11 is 0. The van der Waals surface area contributed by atoms with Crippen LogP contribution in [-0.4, -0.2) is 5.97 Å². The van der Waals surface area contributed by atoms with E-state index in [0.29, 0.717) is 6.42 Å². The highest BCUT2D eigenvalue weighted by molar-refractivity contribution is 5.92. The quantitative estimate of drug-likeness (QED) is 0.845. The van der Waals surface area contributed by atoms with Crippen molar-refractivity contribution in [2.24, 2.45) is 0 Å². The molecule has 2 aromatic carbocycles. The van der Waals surface area contributed by atoms with Crippen molar-refractivity contribution in [1.29, 1.82) is 0 Å². The number of allylic oxidation sites excluding steroid dienone is 1. The summed E-state index contributed by atoms with van der Waals surface area (Å²) in [6, 6.07) is 14.8. The Balaban J connectivity index is 2.14. The average molecular weight is 252 g/mol. The number of nitrogen functional groups attached to an aromatic ring is 1. The maximum atomic E-state index is 10.9. The molecule has 2 aromatic rings. The van der Waals surface area contributed by atoms with Gasteiger partial charge in [-0.05, 0) is 17.5 Å². The molecule has 0 aliphatic rings. The summed E-state index contributed by atoms with van der Waals surface area (Å²) in [6.07, 6.45) is 4.52. The second-order valence-corrected chi connectivity index (χ2v) is 4.18. The molecule has 0 saturated heterocycles. The zero-order chi connectivity index (χ0) is 13.7. The van der Waals surface area contributed by atoms with Crippen LogP contribution in [0.3, 0.4) is 0 Å². The normalized spacial score (nSPS) is 10.7. The van der Waals surface area contributed by atoms with Gasteiger partial charge in [0, 0.05) is 11.3 Å². The molecule has 0 aliphatic carbocycles. The van der Waals surface area contributed by atoms with E-state index in [1.165, 1.54) is 6.07 Å². The first-order valence-electron chi connectivity index (χ1n) is 5.99. The van der Waals surface area contributed by atoms with E-state index < -0.39 is 5.97 Å². The van der Waals surface area contributed by atoms with Gasteiger partial charge in [0.25, 0.3) is 0 Å². The van der Waals surface area contributed by atoms with Gasteiger partial charge in [-0.2, -0.15) is 0 Å². The van der Waals surface area contributed by atoms with Gasteiger partial charge < -0.3 is 15.6 Å². The van der Waals surface area contributed by atoms with E-state index in [2.05, 4.69) is 0 Å². The van der Waals surface area contributed by atoms with Crippen LogP contribution in [0, 0.1) is 0 Å². The highest BCUT2D eigenvalue weighted by atomic mass is 16.4. The van der Waals surface area contributed by atoms with Gasteiger partial charge >= 0.3 is 0 Å². The van der Waals surface area contributed by atoms with Gasteiger partial charge in [0.2, 0.25) is 0 Å². The molecule has 2 N–H and O–H groups in total. The van der Waals surface area contributed by atoms with Gasteiger partial charge in [-0.15, -0.1) is 0 Å². The van der Waals surface area contributed by atoms with E-state index in [4.69, 9.17) is 5.73 Å². The third-order valence-corrected chi connectivity index (χ3v) is 2.86. The molecule has 0 aliphatic heterocycles. The predicted octanol–water partition coefficient (Wildman–Crippen LogP) is 1.89. The van der Waals surface area contributed by atoms with Crippen LogP contribution in [-0.2, 0) is 6.42 Å². The van der Waals surface area contributed by atoms with Crippen molar-refractivity contribution in [3.8, 4) is 0 Å². The fraction of sp³-hybridized carbons (Fsp3) is 0.0625. The number of hydrogen-bond donors (Lipinski definition) is 1. The molecule has 0 fully saturated rings. The zero-order valence-electron chi connectivity index (χ0n) is 10.4. The van der Waals surface area contributed by atoms with Crippen LogP contribution in [0.4, 0.5) is 5.69 Å². The lowest BCUT2D eigenvalue weighted by molar-refractivity contribution is -0.254. The van der Waals surface area contributed by atoms with E-state index in [1.807, 2.05) is 48.6 Å². The molecule has 0 atom stereocenters. The Bertz CT molecular complexity index is 603. The number of nitrogens with two attached hydrogens (primary N) is 1. The van der Waals surface area contributed by atoms with Crippen molar-refractivity contribution in [2.45, 2.75) is 6.42 Å². The van der Waals surface area contributed by atoms with Gasteiger partial charge in [-0.1, -0.05) is 60.7 Å². The molecule has 19 heavy (non-hydrogen) atoms. The molecule has 0 spiro atoms. The number of carboxylic acids is 1. The van der Waals surface area contributed by atoms with Gasteiger partial charge in [-0.3, -0.25) is 0 Å². The number of carbonyl (C=O) groups excluding carboxylic acids is 1. The Morgan fingerprint density at radius 3 is 2.53 bits per heavy atom. The molecule has 0 aromatic heterocycles. The second kappa shape index (κ2) is 5.87. The molecule has 0 saturated carbocycles. The van der Waals surface area contributed by atoms with Crippen LogP contribution in [0.5, 0.6) is 0 Å². The summed E-state index contributed by atoms with van der Waals surface area (Å²) in [5, 5.41) is 10.9. The SMILES string of the molecule is Nc1c(C/C=C/c2ccccc2)cccc1C(=O)[O-]. The second-order valence-electron chi connectivity index (χ2n) is 4.18. The molecule has 96 valence electrons. The maximum Gasteiger partial charge on any atom is 0.0736 e. The number of hydrogen-bond acceptors (Lipinski definition) is 3. The first-order chi connectivity index (χ1) is 9.18. The monoisotopic (exact) mass is 252 g/mol. The number of rotatable bonds is 4. The van der Waals surface area contributed by atoms with E-state index in [-0.39, 0.29) is 11.3 Å². The molecule has 3 nitrogen and oxygen atoms in total. The van der Waals surface area contributed by atoms with Crippen LogP contribution in [0.15, 0.2) is 54.6 Å². The Hall–Kier alpha value is -2.55. The first kappa shape index (κ1) is 12.9. The summed E-state index contributed by atoms with van der Waals surface area (Å²) in [5.74, 6) is -1.24. The molecule has 3 heteroatoms. The van der Waals surface area contributed by atoms with Crippen LogP contribution in [0.2, 0.25) is 0 Å². The Kier molecular flexibility index (Phi) is 3.98. The van der Waals surface area contributed by atoms with Gasteiger partial charge in [0.05, 0.1) is 5.97 Å². The molecule has 0 amide bonds. The van der Waals surface area contributed by atoms with E-state index in [9.17, 15) is 9.90 Å². The lowest BCUT2D eigenvalue weighted by atomic mass is 10.0. The van der Waals surface area contributed by atoms with E-state index in [1.54, 1.807) is 6.07 Å². The summed E-state index contributed by atoms with van der Waals surface area (Å²) in [7, 11) is 0. The van der Waals surface area contributed by atoms with E-state index >= 15 is 0 Å². The van der Waals surface area contributed by atoms with Gasteiger partial charge in [0.15, 0.2) is 0 Å². The molecule has 2 rings (SSSR count). The number of para-hydroxylation sites is 1. The maximum absolute atomic E-state index is 10.9. The van der Waals surface area contributed by atoms with E-state index in [0.717, 1.165) is 11.1 Å². The van der Waals surface area contributed by atoms with Crippen LogP contribution >= 0.6 is 0 Å². The molecular weight excluding hydrogens is 238 g/mol. The minimum atomic E-state index is -1.24. The van der Waals surface area contributed by atoms with Crippen molar-refractivity contribution in [3.63, 3.8) is 0 Å². The molecule has 0 radical (unpaired) electrons. The van der Waals surface area contributed by atoms with Crippen molar-refractivity contribution in [2.75, 3.05) is 5.73 Å². The van der Waals surface area contributed by atoms with Crippen LogP contribution in [0.25, 0.3) is 6.08 Å². The summed E-state index contributed by atoms with van der Waals surface area (Å²) < 4.78 is 0. The lowest BCUT2D eigenvalue weighted by Crippen LogP contribution is -2.23. The number of anilines is 1. The smallest absolute Gasteiger partial charge is 0.0736 e. The fourth-order valence-electron chi connectivity index (χ4n) is 1.86. The number of carbonyl (C=O) groups is 1. The third kappa shape index (κ3) is 3.22. The Morgan fingerprint density at radius 1 is 1.11 bits per heavy atom.